The summed E-state index contributed by atoms with van der Waals surface area (Å²) in [5, 5.41) is 0.778. The Kier molecular flexibility index (Phi) is 5.73. The Bertz CT molecular complexity index is 567. The molecule has 2 aromatic rings. The molecular formula is C16H14Br2F2. The van der Waals surface area contributed by atoms with Crippen LogP contribution >= 0.6 is 31.9 Å². The maximum Gasteiger partial charge on any atom is 0.129 e. The smallest absolute Gasteiger partial charge is 0.129 e. The molecule has 1 unspecified atom stereocenters. The van der Waals surface area contributed by atoms with Gasteiger partial charge in [-0.2, -0.15) is 0 Å². The molecule has 0 aliphatic rings. The lowest BCUT2D eigenvalue weighted by Gasteiger charge is -2.15. The second-order valence-corrected chi connectivity index (χ2v) is 6.35. The number of rotatable bonds is 5. The second kappa shape index (κ2) is 7.32. The molecule has 106 valence electrons. The zero-order valence-electron chi connectivity index (χ0n) is 10.8. The molecule has 2 aromatic carbocycles. The molecule has 0 spiro atoms. The zero-order chi connectivity index (χ0) is 14.5. The largest absolute Gasteiger partial charge is 0.207 e. The summed E-state index contributed by atoms with van der Waals surface area (Å²) < 4.78 is 27.6. The summed E-state index contributed by atoms with van der Waals surface area (Å²) in [6.45, 7) is 0. The third kappa shape index (κ3) is 4.38. The van der Waals surface area contributed by atoms with Crippen LogP contribution in [-0.4, -0.2) is 5.33 Å². The van der Waals surface area contributed by atoms with Crippen molar-refractivity contribution in [2.75, 3.05) is 5.33 Å². The Morgan fingerprint density at radius 1 is 0.950 bits per heavy atom. The molecular weight excluding hydrogens is 390 g/mol. The second-order valence-electron chi connectivity index (χ2n) is 4.79. The van der Waals surface area contributed by atoms with Crippen molar-refractivity contribution in [3.8, 4) is 0 Å². The molecule has 0 aliphatic heterocycles. The first-order chi connectivity index (χ1) is 9.58. The molecule has 0 amide bonds. The molecule has 0 aliphatic carbocycles. The monoisotopic (exact) mass is 402 g/mol. The average Bonchev–Trinajstić information content (AvgIpc) is 2.43. The van der Waals surface area contributed by atoms with Crippen molar-refractivity contribution in [1.82, 2.24) is 0 Å². The van der Waals surface area contributed by atoms with Gasteiger partial charge in [-0.15, -0.1) is 0 Å². The van der Waals surface area contributed by atoms with E-state index >= 15 is 0 Å². The fourth-order valence-electron chi connectivity index (χ4n) is 2.13. The summed E-state index contributed by atoms with van der Waals surface area (Å²) >= 11 is 6.88. The topological polar surface area (TPSA) is 0 Å². The van der Waals surface area contributed by atoms with Crippen molar-refractivity contribution in [3.63, 3.8) is 0 Å². The summed E-state index contributed by atoms with van der Waals surface area (Å²) in [5.41, 5.74) is 1.77. The maximum atomic E-state index is 13.7. The van der Waals surface area contributed by atoms with Crippen LogP contribution in [0.5, 0.6) is 0 Å². The van der Waals surface area contributed by atoms with Crippen LogP contribution in [0.2, 0.25) is 0 Å². The van der Waals surface area contributed by atoms with Gasteiger partial charge in [0, 0.05) is 15.9 Å². The molecule has 0 N–H and O–H groups in total. The zero-order valence-corrected chi connectivity index (χ0v) is 13.9. The van der Waals surface area contributed by atoms with Crippen LogP contribution in [0, 0.1) is 17.6 Å². The Morgan fingerprint density at radius 2 is 1.65 bits per heavy atom. The lowest BCUT2D eigenvalue weighted by atomic mass is 9.94. The molecule has 0 saturated heterocycles. The lowest BCUT2D eigenvalue weighted by molar-refractivity contribution is 0.537. The Hall–Kier alpha value is -0.740. The number of hydrogen-bond acceptors (Lipinski definition) is 0. The number of hydrogen-bond donors (Lipinski definition) is 0. The van der Waals surface area contributed by atoms with E-state index in [2.05, 4.69) is 44.0 Å². The highest BCUT2D eigenvalue weighted by molar-refractivity contribution is 9.10. The molecule has 0 bridgehead atoms. The van der Waals surface area contributed by atoms with Crippen molar-refractivity contribution < 1.29 is 8.78 Å². The van der Waals surface area contributed by atoms with Crippen molar-refractivity contribution in [3.05, 3.63) is 69.7 Å². The van der Waals surface area contributed by atoms with E-state index in [1.807, 2.05) is 12.1 Å². The molecule has 2 rings (SSSR count). The van der Waals surface area contributed by atoms with Crippen LogP contribution in [0.25, 0.3) is 0 Å². The van der Waals surface area contributed by atoms with Gasteiger partial charge in [-0.1, -0.05) is 50.1 Å². The van der Waals surface area contributed by atoms with Crippen molar-refractivity contribution in [2.24, 2.45) is 5.92 Å². The van der Waals surface area contributed by atoms with Crippen LogP contribution < -0.4 is 0 Å². The van der Waals surface area contributed by atoms with E-state index in [1.165, 1.54) is 17.7 Å². The van der Waals surface area contributed by atoms with Crippen molar-refractivity contribution in [1.29, 1.82) is 0 Å². The molecule has 0 nitrogen and oxygen atoms in total. The number of halogens is 4. The molecule has 20 heavy (non-hydrogen) atoms. The lowest BCUT2D eigenvalue weighted by Crippen LogP contribution is -2.11. The fraction of sp³-hybridized carbons (Fsp3) is 0.250. The van der Waals surface area contributed by atoms with Crippen LogP contribution in [0.3, 0.4) is 0 Å². The van der Waals surface area contributed by atoms with E-state index in [0.717, 1.165) is 22.3 Å². The Labute approximate surface area is 134 Å². The van der Waals surface area contributed by atoms with Gasteiger partial charge in [-0.3, -0.25) is 0 Å². The summed E-state index contributed by atoms with van der Waals surface area (Å²) in [6.07, 6.45) is 1.45. The minimum Gasteiger partial charge on any atom is -0.207 e. The van der Waals surface area contributed by atoms with Gasteiger partial charge in [0.1, 0.15) is 11.6 Å². The first-order valence-corrected chi connectivity index (χ1v) is 8.24. The summed E-state index contributed by atoms with van der Waals surface area (Å²) in [7, 11) is 0. The van der Waals surface area contributed by atoms with Gasteiger partial charge in [0.25, 0.3) is 0 Å². The van der Waals surface area contributed by atoms with Gasteiger partial charge in [0.2, 0.25) is 0 Å². The highest BCUT2D eigenvalue weighted by Crippen LogP contribution is 2.20. The molecule has 0 heterocycles. The predicted molar refractivity (Wildman–Crippen MR) is 85.2 cm³/mol. The van der Waals surface area contributed by atoms with E-state index in [4.69, 9.17) is 0 Å². The normalized spacial score (nSPS) is 12.4. The highest BCUT2D eigenvalue weighted by atomic mass is 79.9. The van der Waals surface area contributed by atoms with E-state index < -0.39 is 11.6 Å². The van der Waals surface area contributed by atoms with Crippen molar-refractivity contribution >= 4 is 31.9 Å². The standard InChI is InChI=1S/C16H14Br2F2/c17-10-12(7-11-1-4-14(18)5-2-11)8-13-3-6-15(19)9-16(13)20/h1-6,9,12H,7-8,10H2. The maximum absolute atomic E-state index is 13.7. The van der Waals surface area contributed by atoms with Crippen LogP contribution in [0.1, 0.15) is 11.1 Å². The van der Waals surface area contributed by atoms with Gasteiger partial charge in [-0.25, -0.2) is 8.78 Å². The third-order valence-electron chi connectivity index (χ3n) is 3.18. The van der Waals surface area contributed by atoms with Crippen LogP contribution in [-0.2, 0) is 12.8 Å². The van der Waals surface area contributed by atoms with Gasteiger partial charge >= 0.3 is 0 Å². The predicted octanol–water partition coefficient (Wildman–Crippen LogP) is 5.52. The first kappa shape index (κ1) is 15.6. The summed E-state index contributed by atoms with van der Waals surface area (Å²) in [6, 6.07) is 11.9. The van der Waals surface area contributed by atoms with Crippen molar-refractivity contribution in [2.45, 2.75) is 12.8 Å². The minimum absolute atomic E-state index is 0.274. The average molecular weight is 404 g/mol. The highest BCUT2D eigenvalue weighted by Gasteiger charge is 2.13. The first-order valence-electron chi connectivity index (χ1n) is 6.33. The van der Waals surface area contributed by atoms with E-state index in [9.17, 15) is 8.78 Å². The SMILES string of the molecule is Fc1ccc(CC(CBr)Cc2ccc(Br)cc2)c(F)c1. The summed E-state index contributed by atoms with van der Waals surface area (Å²) in [4.78, 5) is 0. The number of benzene rings is 2. The Morgan fingerprint density at radius 3 is 2.25 bits per heavy atom. The molecule has 1 atom stereocenters. The minimum atomic E-state index is -0.533. The molecule has 0 aromatic heterocycles. The van der Waals surface area contributed by atoms with E-state index in [1.54, 1.807) is 0 Å². The summed E-state index contributed by atoms with van der Waals surface area (Å²) in [5.74, 6) is -0.725. The molecule has 0 saturated carbocycles. The molecule has 0 radical (unpaired) electrons. The van der Waals surface area contributed by atoms with Crippen LogP contribution in [0.4, 0.5) is 8.78 Å². The molecule has 4 heteroatoms. The van der Waals surface area contributed by atoms with Gasteiger partial charge in [0.05, 0.1) is 0 Å². The van der Waals surface area contributed by atoms with E-state index in [0.29, 0.717) is 12.0 Å². The van der Waals surface area contributed by atoms with Gasteiger partial charge in [0.15, 0.2) is 0 Å². The quantitative estimate of drug-likeness (QED) is 0.576. The Balaban J connectivity index is 2.07. The van der Waals surface area contributed by atoms with Gasteiger partial charge < -0.3 is 0 Å². The third-order valence-corrected chi connectivity index (χ3v) is 4.62. The van der Waals surface area contributed by atoms with Gasteiger partial charge in [-0.05, 0) is 48.1 Å². The number of alkyl halides is 1. The fourth-order valence-corrected chi connectivity index (χ4v) is 2.86. The van der Waals surface area contributed by atoms with E-state index in [-0.39, 0.29) is 5.92 Å². The van der Waals surface area contributed by atoms with Crippen LogP contribution in [0.15, 0.2) is 46.9 Å². The molecule has 0 fully saturated rings.